The minimum atomic E-state index is -3.91. The summed E-state index contributed by atoms with van der Waals surface area (Å²) in [6.45, 7) is 0. The number of ether oxygens (including phenoxy) is 1. The second-order valence-corrected chi connectivity index (χ2v) is 6.87. The maximum Gasteiger partial charge on any atom is 0.266 e. The fourth-order valence-corrected chi connectivity index (χ4v) is 3.25. The van der Waals surface area contributed by atoms with E-state index >= 15 is 0 Å². The first kappa shape index (κ1) is 15.9. The molecule has 6 nitrogen and oxygen atoms in total. The van der Waals surface area contributed by atoms with Gasteiger partial charge in [0.1, 0.15) is 21.6 Å². The molecule has 0 saturated heterocycles. The van der Waals surface area contributed by atoms with Crippen molar-refractivity contribution >= 4 is 49.1 Å². The summed E-state index contributed by atoms with van der Waals surface area (Å²) in [5, 5.41) is 0.178. The van der Waals surface area contributed by atoms with Gasteiger partial charge in [0.25, 0.3) is 10.0 Å². The molecule has 9 heteroatoms. The molecule has 0 saturated carbocycles. The Kier molecular flexibility index (Phi) is 4.60. The number of halogens is 2. The number of benzene rings is 1. The predicted molar refractivity (Wildman–Crippen MR) is 85.2 cm³/mol. The second-order valence-electron chi connectivity index (χ2n) is 3.98. The van der Waals surface area contributed by atoms with Gasteiger partial charge in [0.05, 0.1) is 7.11 Å². The lowest BCUT2D eigenvalue weighted by Crippen LogP contribution is -2.15. The van der Waals surface area contributed by atoms with E-state index in [1.54, 1.807) is 6.07 Å². The number of aromatic nitrogens is 1. The zero-order chi connectivity index (χ0) is 15.6. The van der Waals surface area contributed by atoms with Crippen LogP contribution in [0.3, 0.4) is 0 Å². The van der Waals surface area contributed by atoms with Crippen molar-refractivity contribution in [2.75, 3.05) is 17.6 Å². The van der Waals surface area contributed by atoms with E-state index in [-0.39, 0.29) is 27.3 Å². The number of nitrogens with two attached hydrogens (primary N) is 1. The van der Waals surface area contributed by atoms with E-state index in [4.69, 9.17) is 22.1 Å². The van der Waals surface area contributed by atoms with Gasteiger partial charge in [0, 0.05) is 10.2 Å². The third kappa shape index (κ3) is 3.58. The number of hydrogen-bond donors (Lipinski definition) is 2. The fraction of sp³-hybridized carbons (Fsp3) is 0.0833. The van der Waals surface area contributed by atoms with Gasteiger partial charge in [-0.1, -0.05) is 17.7 Å². The molecule has 0 bridgehead atoms. The number of rotatable bonds is 4. The molecule has 0 radical (unpaired) electrons. The number of nitrogen functional groups attached to an aromatic ring is 1. The SMILES string of the molecule is COc1cc(Br)c(N)cc1S(=O)(=O)Nc1cccc(Cl)n1. The Bertz CT molecular complexity index is 783. The largest absolute Gasteiger partial charge is 0.495 e. The van der Waals surface area contributed by atoms with Crippen LogP contribution in [0, 0.1) is 0 Å². The van der Waals surface area contributed by atoms with Gasteiger partial charge >= 0.3 is 0 Å². The maximum absolute atomic E-state index is 12.4. The van der Waals surface area contributed by atoms with E-state index in [0.29, 0.717) is 4.47 Å². The third-order valence-electron chi connectivity index (χ3n) is 2.53. The van der Waals surface area contributed by atoms with Crippen LogP contribution in [-0.4, -0.2) is 20.5 Å². The first-order valence-corrected chi connectivity index (χ1v) is 8.27. The number of nitrogens with one attached hydrogen (secondary N) is 1. The lowest BCUT2D eigenvalue weighted by atomic mass is 10.3. The van der Waals surface area contributed by atoms with Crippen molar-refractivity contribution in [3.05, 3.63) is 40.0 Å². The van der Waals surface area contributed by atoms with E-state index in [0.717, 1.165) is 0 Å². The van der Waals surface area contributed by atoms with Crippen molar-refractivity contribution in [3.63, 3.8) is 0 Å². The van der Waals surface area contributed by atoms with Crippen LogP contribution in [0.15, 0.2) is 39.7 Å². The molecule has 1 heterocycles. The van der Waals surface area contributed by atoms with Gasteiger partial charge < -0.3 is 10.5 Å². The normalized spacial score (nSPS) is 11.2. The number of anilines is 2. The highest BCUT2D eigenvalue weighted by Crippen LogP contribution is 2.33. The van der Waals surface area contributed by atoms with Crippen molar-refractivity contribution in [2.24, 2.45) is 0 Å². The molecule has 2 aromatic rings. The van der Waals surface area contributed by atoms with Gasteiger partial charge in [-0.15, -0.1) is 0 Å². The Morgan fingerprint density at radius 3 is 2.71 bits per heavy atom. The summed E-state index contributed by atoms with van der Waals surface area (Å²) in [4.78, 5) is 3.78. The molecule has 0 spiro atoms. The highest BCUT2D eigenvalue weighted by molar-refractivity contribution is 9.10. The molecule has 0 amide bonds. The van der Waals surface area contributed by atoms with Gasteiger partial charge in [0.2, 0.25) is 0 Å². The molecule has 1 aromatic heterocycles. The standard InChI is InChI=1S/C12H11BrClN3O3S/c1-20-9-5-7(13)8(15)6-10(9)21(18,19)17-12-4-2-3-11(14)16-12/h2-6H,15H2,1H3,(H,16,17). The Hall–Kier alpha value is -1.51. The van der Waals surface area contributed by atoms with Gasteiger partial charge in [0.15, 0.2) is 0 Å². The average molecular weight is 393 g/mol. The van der Waals surface area contributed by atoms with Gasteiger partial charge in [-0.25, -0.2) is 13.4 Å². The first-order chi connectivity index (χ1) is 9.83. The van der Waals surface area contributed by atoms with Crippen molar-refractivity contribution < 1.29 is 13.2 Å². The number of pyridine rings is 1. The van der Waals surface area contributed by atoms with E-state index in [9.17, 15) is 8.42 Å². The predicted octanol–water partition coefficient (Wildman–Crippen LogP) is 2.89. The summed E-state index contributed by atoms with van der Waals surface area (Å²) in [5.74, 6) is 0.261. The molecule has 0 fully saturated rings. The topological polar surface area (TPSA) is 94.3 Å². The van der Waals surface area contributed by atoms with Crippen LogP contribution in [0.1, 0.15) is 0 Å². The van der Waals surface area contributed by atoms with Crippen LogP contribution in [0.25, 0.3) is 0 Å². The number of sulfonamides is 1. The van der Waals surface area contributed by atoms with Crippen molar-refractivity contribution in [1.82, 2.24) is 4.98 Å². The molecular formula is C12H11BrClN3O3S. The molecule has 3 N–H and O–H groups in total. The molecule has 21 heavy (non-hydrogen) atoms. The van der Waals surface area contributed by atoms with Gasteiger partial charge in [-0.3, -0.25) is 4.72 Å². The summed E-state index contributed by atoms with van der Waals surface area (Å²) in [7, 11) is -2.54. The van der Waals surface area contributed by atoms with Crippen LogP contribution < -0.4 is 15.2 Å². The minimum Gasteiger partial charge on any atom is -0.495 e. The van der Waals surface area contributed by atoms with Crippen LogP contribution in [0.4, 0.5) is 11.5 Å². The first-order valence-electron chi connectivity index (χ1n) is 5.62. The molecule has 112 valence electrons. The molecular weight excluding hydrogens is 382 g/mol. The van der Waals surface area contributed by atoms with Crippen LogP contribution in [0.5, 0.6) is 5.75 Å². The average Bonchev–Trinajstić information content (AvgIpc) is 2.40. The lowest BCUT2D eigenvalue weighted by Gasteiger charge is -2.12. The van der Waals surface area contributed by atoms with E-state index in [2.05, 4.69) is 25.6 Å². The highest BCUT2D eigenvalue weighted by atomic mass is 79.9. The minimum absolute atomic E-state index is 0.0903. The Labute approximate surface area is 135 Å². The summed E-state index contributed by atoms with van der Waals surface area (Å²) < 4.78 is 32.8. The Morgan fingerprint density at radius 1 is 1.38 bits per heavy atom. The Morgan fingerprint density at radius 2 is 2.10 bits per heavy atom. The van der Waals surface area contributed by atoms with E-state index in [1.165, 1.54) is 31.4 Å². The Balaban J connectivity index is 2.47. The highest BCUT2D eigenvalue weighted by Gasteiger charge is 2.22. The zero-order valence-electron chi connectivity index (χ0n) is 10.8. The number of nitrogens with zero attached hydrogens (tertiary/aromatic N) is 1. The molecule has 0 unspecified atom stereocenters. The van der Waals surface area contributed by atoms with E-state index in [1.807, 2.05) is 0 Å². The van der Waals surface area contributed by atoms with Gasteiger partial charge in [-0.05, 0) is 40.2 Å². The molecule has 1 aromatic carbocycles. The zero-order valence-corrected chi connectivity index (χ0v) is 14.0. The van der Waals surface area contributed by atoms with Crippen molar-refractivity contribution in [1.29, 1.82) is 0 Å². The summed E-state index contributed by atoms with van der Waals surface area (Å²) >= 11 is 8.94. The quantitative estimate of drug-likeness (QED) is 0.616. The number of methoxy groups -OCH3 is 1. The maximum atomic E-state index is 12.4. The van der Waals surface area contributed by atoms with Crippen LogP contribution in [-0.2, 0) is 10.0 Å². The van der Waals surface area contributed by atoms with Crippen LogP contribution >= 0.6 is 27.5 Å². The molecule has 0 aliphatic heterocycles. The van der Waals surface area contributed by atoms with Gasteiger partial charge in [-0.2, -0.15) is 0 Å². The lowest BCUT2D eigenvalue weighted by molar-refractivity contribution is 0.402. The fourth-order valence-electron chi connectivity index (χ4n) is 1.58. The van der Waals surface area contributed by atoms with Crippen molar-refractivity contribution in [3.8, 4) is 5.75 Å². The third-order valence-corrected chi connectivity index (χ3v) is 4.80. The van der Waals surface area contributed by atoms with E-state index < -0.39 is 10.0 Å². The summed E-state index contributed by atoms with van der Waals surface area (Å²) in [6.07, 6.45) is 0. The molecule has 2 rings (SSSR count). The molecule has 0 atom stereocenters. The molecule has 0 aliphatic rings. The smallest absolute Gasteiger partial charge is 0.266 e. The molecule has 0 aliphatic carbocycles. The number of hydrogen-bond acceptors (Lipinski definition) is 5. The second kappa shape index (κ2) is 6.08. The van der Waals surface area contributed by atoms with Crippen LogP contribution in [0.2, 0.25) is 5.15 Å². The monoisotopic (exact) mass is 391 g/mol. The summed E-state index contributed by atoms with van der Waals surface area (Å²) in [5.41, 5.74) is 6.00. The summed E-state index contributed by atoms with van der Waals surface area (Å²) in [6, 6.07) is 7.39. The van der Waals surface area contributed by atoms with Crippen molar-refractivity contribution in [2.45, 2.75) is 4.90 Å².